The highest BCUT2D eigenvalue weighted by molar-refractivity contribution is 6.29. The average molecular weight is 390 g/mol. The number of esters is 1. The van der Waals surface area contributed by atoms with Gasteiger partial charge in [0.25, 0.3) is 5.91 Å². The van der Waals surface area contributed by atoms with Crippen LogP contribution >= 0.6 is 11.6 Å². The second-order valence-electron chi connectivity index (χ2n) is 6.03. The van der Waals surface area contributed by atoms with Crippen LogP contribution in [0.3, 0.4) is 0 Å². The first-order valence-corrected chi connectivity index (χ1v) is 8.58. The number of likely N-dealkylation sites (N-methyl/N-ethyl adjacent to an activating group) is 1. The predicted molar refractivity (Wildman–Crippen MR) is 102 cm³/mol. The third kappa shape index (κ3) is 6.07. The second kappa shape index (κ2) is 9.14. The summed E-state index contributed by atoms with van der Waals surface area (Å²) in [5.41, 5.74) is 1.90. The van der Waals surface area contributed by atoms with Crippen molar-refractivity contribution in [3.05, 3.63) is 58.9 Å². The first-order chi connectivity index (χ1) is 12.8. The van der Waals surface area contributed by atoms with Crippen LogP contribution in [0.25, 0.3) is 0 Å². The molecule has 0 unspecified atom stereocenters. The van der Waals surface area contributed by atoms with E-state index in [1.54, 1.807) is 12.1 Å². The molecular weight excluding hydrogens is 370 g/mol. The fourth-order valence-corrected chi connectivity index (χ4v) is 2.33. The Kier molecular flexibility index (Phi) is 6.90. The molecule has 0 spiro atoms. The number of aromatic nitrogens is 1. The number of ether oxygens (including phenoxy) is 1. The largest absolute Gasteiger partial charge is 0.449 e. The van der Waals surface area contributed by atoms with Gasteiger partial charge in [-0.3, -0.25) is 9.59 Å². The lowest BCUT2D eigenvalue weighted by Gasteiger charge is -2.21. The molecule has 0 bridgehead atoms. The number of pyridine rings is 1. The van der Waals surface area contributed by atoms with Gasteiger partial charge in [-0.25, -0.2) is 9.78 Å². The maximum absolute atomic E-state index is 12.3. The van der Waals surface area contributed by atoms with Gasteiger partial charge < -0.3 is 15.0 Å². The van der Waals surface area contributed by atoms with Crippen LogP contribution in [-0.4, -0.2) is 47.4 Å². The Morgan fingerprint density at radius 3 is 2.44 bits per heavy atom. The fourth-order valence-electron chi connectivity index (χ4n) is 2.22. The molecule has 142 valence electrons. The lowest BCUT2D eigenvalue weighted by molar-refractivity contribution is -0.140. The zero-order chi connectivity index (χ0) is 20.0. The summed E-state index contributed by atoms with van der Waals surface area (Å²) in [4.78, 5) is 41.4. The smallest absolute Gasteiger partial charge is 0.340 e. The number of halogens is 1. The van der Waals surface area contributed by atoms with Crippen LogP contribution in [0.2, 0.25) is 5.15 Å². The van der Waals surface area contributed by atoms with E-state index in [4.69, 9.17) is 16.3 Å². The van der Waals surface area contributed by atoms with E-state index < -0.39 is 18.0 Å². The first-order valence-electron chi connectivity index (χ1n) is 8.20. The number of carbonyl (C=O) groups excluding carboxylic acids is 3. The maximum Gasteiger partial charge on any atom is 0.340 e. The molecule has 2 rings (SSSR count). The summed E-state index contributed by atoms with van der Waals surface area (Å²) >= 11 is 5.67. The summed E-state index contributed by atoms with van der Waals surface area (Å²) in [6.07, 6.45) is 0.214. The van der Waals surface area contributed by atoms with Crippen molar-refractivity contribution in [3.63, 3.8) is 0 Å². The molecule has 0 aliphatic carbocycles. The van der Waals surface area contributed by atoms with Crippen LogP contribution in [0.4, 0.5) is 5.69 Å². The number of anilines is 1. The van der Waals surface area contributed by atoms with E-state index in [9.17, 15) is 14.4 Å². The van der Waals surface area contributed by atoms with Crippen LogP contribution < -0.4 is 5.32 Å². The fraction of sp³-hybridized carbons (Fsp3) is 0.263. The van der Waals surface area contributed by atoms with Crippen LogP contribution in [0.15, 0.2) is 42.6 Å². The minimum Gasteiger partial charge on any atom is -0.449 e. The number of aryl methyl sites for hydroxylation is 1. The van der Waals surface area contributed by atoms with Gasteiger partial charge in [-0.15, -0.1) is 0 Å². The topological polar surface area (TPSA) is 88.6 Å². The van der Waals surface area contributed by atoms with Crippen molar-refractivity contribution in [2.24, 2.45) is 0 Å². The van der Waals surface area contributed by atoms with Crippen molar-refractivity contribution < 1.29 is 19.1 Å². The summed E-state index contributed by atoms with van der Waals surface area (Å²) in [5, 5.41) is 2.95. The number of nitrogens with one attached hydrogen (secondary N) is 1. The molecule has 2 amide bonds. The highest BCUT2D eigenvalue weighted by atomic mass is 35.5. The van der Waals surface area contributed by atoms with Gasteiger partial charge >= 0.3 is 5.97 Å². The average Bonchev–Trinajstić information content (AvgIpc) is 2.63. The van der Waals surface area contributed by atoms with Crippen molar-refractivity contribution in [3.8, 4) is 0 Å². The third-order valence-corrected chi connectivity index (χ3v) is 3.91. The van der Waals surface area contributed by atoms with Crippen LogP contribution in [0.5, 0.6) is 0 Å². The molecule has 1 N–H and O–H groups in total. The number of nitrogens with zero attached hydrogens (tertiary/aromatic N) is 2. The number of benzene rings is 1. The van der Waals surface area contributed by atoms with Crippen LogP contribution in [0.1, 0.15) is 22.8 Å². The van der Waals surface area contributed by atoms with E-state index in [-0.39, 0.29) is 23.2 Å². The first kappa shape index (κ1) is 20.4. The highest BCUT2D eigenvalue weighted by Gasteiger charge is 2.23. The quantitative estimate of drug-likeness (QED) is 0.606. The Morgan fingerprint density at radius 1 is 1.19 bits per heavy atom. The van der Waals surface area contributed by atoms with Crippen LogP contribution in [0, 0.1) is 6.92 Å². The molecule has 0 radical (unpaired) electrons. The van der Waals surface area contributed by atoms with Gasteiger partial charge in [0.15, 0.2) is 6.10 Å². The van der Waals surface area contributed by atoms with Gasteiger partial charge in [0.2, 0.25) is 5.91 Å². The Balaban J connectivity index is 1.87. The molecule has 0 saturated carbocycles. The molecule has 0 saturated heterocycles. The number of hydrogen-bond donors (Lipinski definition) is 1. The van der Waals surface area contributed by atoms with E-state index in [2.05, 4.69) is 10.3 Å². The number of carbonyl (C=O) groups is 3. The molecule has 27 heavy (non-hydrogen) atoms. The predicted octanol–water partition coefficient (Wildman–Crippen LogP) is 2.69. The third-order valence-electron chi connectivity index (χ3n) is 3.69. The van der Waals surface area contributed by atoms with Crippen molar-refractivity contribution in [1.29, 1.82) is 0 Å². The molecule has 0 aliphatic rings. The molecule has 0 aliphatic heterocycles. The van der Waals surface area contributed by atoms with Gasteiger partial charge in [0.1, 0.15) is 5.15 Å². The highest BCUT2D eigenvalue weighted by Crippen LogP contribution is 2.10. The molecule has 2 aromatic rings. The molecule has 1 aromatic heterocycles. The summed E-state index contributed by atoms with van der Waals surface area (Å²) < 4.78 is 5.13. The lowest BCUT2D eigenvalue weighted by atomic mass is 10.2. The van der Waals surface area contributed by atoms with E-state index in [0.29, 0.717) is 5.69 Å². The van der Waals surface area contributed by atoms with Crippen molar-refractivity contribution in [1.82, 2.24) is 9.88 Å². The molecule has 1 atom stereocenters. The van der Waals surface area contributed by atoms with Crippen molar-refractivity contribution in [2.75, 3.05) is 18.9 Å². The minimum atomic E-state index is -1.05. The second-order valence-corrected chi connectivity index (χ2v) is 6.41. The van der Waals surface area contributed by atoms with E-state index in [1.165, 1.54) is 37.2 Å². The summed E-state index contributed by atoms with van der Waals surface area (Å²) in [5.74, 6) is -1.54. The van der Waals surface area contributed by atoms with E-state index >= 15 is 0 Å². The summed E-state index contributed by atoms with van der Waals surface area (Å²) in [6, 6.07) is 10.2. The maximum atomic E-state index is 12.3. The van der Waals surface area contributed by atoms with Gasteiger partial charge in [-0.2, -0.15) is 0 Å². The normalized spacial score (nSPS) is 11.4. The molecular formula is C19H20ClN3O4. The molecule has 0 fully saturated rings. The van der Waals surface area contributed by atoms with E-state index in [0.717, 1.165) is 5.56 Å². The Hall–Kier alpha value is -2.93. The zero-order valence-electron chi connectivity index (χ0n) is 15.2. The molecule has 7 nitrogen and oxygen atoms in total. The van der Waals surface area contributed by atoms with Crippen LogP contribution in [-0.2, 0) is 14.3 Å². The number of rotatable bonds is 6. The van der Waals surface area contributed by atoms with Gasteiger partial charge in [-0.05, 0) is 38.1 Å². The summed E-state index contributed by atoms with van der Waals surface area (Å²) in [6.45, 7) is 3.22. The molecule has 1 aromatic carbocycles. The van der Waals surface area contributed by atoms with Gasteiger partial charge in [0, 0.05) is 18.9 Å². The van der Waals surface area contributed by atoms with Gasteiger partial charge in [-0.1, -0.05) is 29.3 Å². The molecule has 1 heterocycles. The Bertz CT molecular complexity index is 822. The minimum absolute atomic E-state index is 0.170. The Labute approximate surface area is 162 Å². The standard InChI is InChI=1S/C19H20ClN3O4/c1-12-4-7-15(8-5-12)22-17(24)11-23(3)18(25)13(2)27-19(26)14-6-9-16(20)21-10-14/h4-10,13H,11H2,1-3H3,(H,22,24)/t13-/m0/s1. The van der Waals surface area contributed by atoms with Gasteiger partial charge in [0.05, 0.1) is 12.1 Å². The SMILES string of the molecule is Cc1ccc(NC(=O)CN(C)C(=O)[C@H](C)OC(=O)c2ccc(Cl)nc2)cc1. The van der Waals surface area contributed by atoms with Crippen molar-refractivity contribution in [2.45, 2.75) is 20.0 Å². The zero-order valence-corrected chi connectivity index (χ0v) is 16.0. The monoisotopic (exact) mass is 389 g/mol. The summed E-state index contributed by atoms with van der Waals surface area (Å²) in [7, 11) is 1.46. The Morgan fingerprint density at radius 2 is 1.85 bits per heavy atom. The number of hydrogen-bond acceptors (Lipinski definition) is 5. The van der Waals surface area contributed by atoms with Crippen molar-refractivity contribution >= 4 is 35.1 Å². The number of amides is 2. The van der Waals surface area contributed by atoms with E-state index in [1.807, 2.05) is 19.1 Å². The lowest BCUT2D eigenvalue weighted by Crippen LogP contribution is -2.41. The molecule has 8 heteroatoms.